The number of nitrogens with zero attached hydrogens (tertiary/aromatic N) is 1. The molecule has 2 atom stereocenters. The summed E-state index contributed by atoms with van der Waals surface area (Å²) in [6, 6.07) is 4.90. The van der Waals surface area contributed by atoms with Gasteiger partial charge in [0.05, 0.1) is 0 Å². The molecule has 1 fully saturated rings. The van der Waals surface area contributed by atoms with Crippen LogP contribution >= 0.6 is 0 Å². The van der Waals surface area contributed by atoms with Crippen LogP contribution in [0.1, 0.15) is 38.7 Å². The standard InChI is InChI=1S/C12H18N2/c1-12(2,3)14-11-8-10(11)9-4-6-13-7-5-9/h4-7,10-11,14H,8H2,1-3H3/t10?,11-/m1/s1. The first-order chi connectivity index (χ1) is 6.56. The highest BCUT2D eigenvalue weighted by atomic mass is 15.0. The summed E-state index contributed by atoms with van der Waals surface area (Å²) < 4.78 is 0. The molecular formula is C12H18N2. The van der Waals surface area contributed by atoms with Crippen LogP contribution in [0, 0.1) is 0 Å². The lowest BCUT2D eigenvalue weighted by Gasteiger charge is -2.20. The van der Waals surface area contributed by atoms with Gasteiger partial charge in [0.1, 0.15) is 0 Å². The van der Waals surface area contributed by atoms with Gasteiger partial charge in [-0.3, -0.25) is 4.98 Å². The van der Waals surface area contributed by atoms with Gasteiger partial charge in [0.2, 0.25) is 0 Å². The summed E-state index contributed by atoms with van der Waals surface area (Å²) in [6.07, 6.45) is 5.02. The van der Waals surface area contributed by atoms with E-state index in [0.29, 0.717) is 12.0 Å². The van der Waals surface area contributed by atoms with Crippen molar-refractivity contribution in [1.82, 2.24) is 10.3 Å². The molecule has 1 saturated carbocycles. The molecule has 0 spiro atoms. The van der Waals surface area contributed by atoms with E-state index < -0.39 is 0 Å². The van der Waals surface area contributed by atoms with Crippen LogP contribution in [-0.2, 0) is 0 Å². The van der Waals surface area contributed by atoms with Crippen molar-refractivity contribution in [3.8, 4) is 0 Å². The van der Waals surface area contributed by atoms with Gasteiger partial charge in [-0.05, 0) is 44.9 Å². The normalized spacial score (nSPS) is 26.2. The van der Waals surface area contributed by atoms with E-state index in [0.717, 1.165) is 0 Å². The summed E-state index contributed by atoms with van der Waals surface area (Å²) >= 11 is 0. The maximum Gasteiger partial charge on any atom is 0.0270 e. The number of hydrogen-bond donors (Lipinski definition) is 1. The van der Waals surface area contributed by atoms with E-state index in [1.165, 1.54) is 12.0 Å². The number of aromatic nitrogens is 1. The highest BCUT2D eigenvalue weighted by molar-refractivity contribution is 5.25. The average molecular weight is 190 g/mol. The van der Waals surface area contributed by atoms with Gasteiger partial charge in [0.25, 0.3) is 0 Å². The van der Waals surface area contributed by atoms with Crippen LogP contribution in [0.15, 0.2) is 24.5 Å². The van der Waals surface area contributed by atoms with E-state index in [4.69, 9.17) is 0 Å². The predicted octanol–water partition coefficient (Wildman–Crippen LogP) is 2.33. The molecule has 1 aliphatic carbocycles. The second-order valence-electron chi connectivity index (χ2n) is 5.12. The Morgan fingerprint density at radius 3 is 2.50 bits per heavy atom. The molecule has 2 rings (SSSR count). The fourth-order valence-electron chi connectivity index (χ4n) is 1.89. The molecule has 14 heavy (non-hydrogen) atoms. The zero-order valence-electron chi connectivity index (χ0n) is 9.12. The molecule has 1 N–H and O–H groups in total. The fraction of sp³-hybridized carbons (Fsp3) is 0.583. The lowest BCUT2D eigenvalue weighted by molar-refractivity contribution is 0.418. The van der Waals surface area contributed by atoms with Crippen molar-refractivity contribution in [2.45, 2.75) is 44.7 Å². The minimum atomic E-state index is 0.229. The van der Waals surface area contributed by atoms with E-state index in [-0.39, 0.29) is 5.54 Å². The Morgan fingerprint density at radius 1 is 1.29 bits per heavy atom. The van der Waals surface area contributed by atoms with E-state index in [1.807, 2.05) is 12.4 Å². The number of nitrogens with one attached hydrogen (secondary N) is 1. The van der Waals surface area contributed by atoms with Crippen LogP contribution in [0.4, 0.5) is 0 Å². The van der Waals surface area contributed by atoms with Gasteiger partial charge in [0.15, 0.2) is 0 Å². The summed E-state index contributed by atoms with van der Waals surface area (Å²) in [6.45, 7) is 6.65. The van der Waals surface area contributed by atoms with Gasteiger partial charge in [-0.1, -0.05) is 0 Å². The van der Waals surface area contributed by atoms with Gasteiger partial charge in [-0.2, -0.15) is 0 Å². The molecule has 1 heterocycles. The van der Waals surface area contributed by atoms with Crippen LogP contribution in [0.2, 0.25) is 0 Å². The van der Waals surface area contributed by atoms with Crippen LogP contribution < -0.4 is 5.32 Å². The smallest absolute Gasteiger partial charge is 0.0270 e. The zero-order chi connectivity index (χ0) is 10.2. The molecule has 0 aromatic carbocycles. The predicted molar refractivity (Wildman–Crippen MR) is 58.3 cm³/mol. The van der Waals surface area contributed by atoms with Crippen LogP contribution in [0.25, 0.3) is 0 Å². The van der Waals surface area contributed by atoms with Crippen molar-refractivity contribution < 1.29 is 0 Å². The molecule has 0 amide bonds. The lowest BCUT2D eigenvalue weighted by Crippen LogP contribution is -2.38. The molecule has 1 aromatic heterocycles. The first kappa shape index (κ1) is 9.66. The van der Waals surface area contributed by atoms with Crippen LogP contribution in [-0.4, -0.2) is 16.6 Å². The third kappa shape index (κ3) is 2.32. The van der Waals surface area contributed by atoms with Crippen molar-refractivity contribution in [2.75, 3.05) is 0 Å². The summed E-state index contributed by atoms with van der Waals surface area (Å²) in [5, 5.41) is 3.62. The number of hydrogen-bond acceptors (Lipinski definition) is 2. The Balaban J connectivity index is 1.94. The largest absolute Gasteiger partial charge is 0.309 e. The van der Waals surface area contributed by atoms with E-state index >= 15 is 0 Å². The minimum Gasteiger partial charge on any atom is -0.309 e. The van der Waals surface area contributed by atoms with E-state index in [9.17, 15) is 0 Å². The summed E-state index contributed by atoms with van der Waals surface area (Å²) in [7, 11) is 0. The molecule has 0 bridgehead atoms. The van der Waals surface area contributed by atoms with Gasteiger partial charge in [-0.25, -0.2) is 0 Å². The van der Waals surface area contributed by atoms with E-state index in [1.54, 1.807) is 0 Å². The second kappa shape index (κ2) is 3.35. The monoisotopic (exact) mass is 190 g/mol. The average Bonchev–Trinajstić information content (AvgIpc) is 2.82. The maximum absolute atomic E-state index is 4.03. The highest BCUT2D eigenvalue weighted by Crippen LogP contribution is 2.41. The Bertz CT molecular complexity index is 300. The minimum absolute atomic E-state index is 0.229. The third-order valence-electron chi connectivity index (χ3n) is 2.54. The SMILES string of the molecule is CC(C)(C)N[C@@H]1CC1c1ccncc1. The molecule has 0 radical (unpaired) electrons. The maximum atomic E-state index is 4.03. The highest BCUT2D eigenvalue weighted by Gasteiger charge is 2.39. The molecule has 76 valence electrons. The van der Waals surface area contributed by atoms with Crippen LogP contribution in [0.3, 0.4) is 0 Å². The molecule has 0 saturated heterocycles. The van der Waals surface area contributed by atoms with Crippen LogP contribution in [0.5, 0.6) is 0 Å². The Morgan fingerprint density at radius 2 is 1.93 bits per heavy atom. The van der Waals surface area contributed by atoms with Crippen molar-refractivity contribution in [2.24, 2.45) is 0 Å². The van der Waals surface area contributed by atoms with Crippen molar-refractivity contribution in [1.29, 1.82) is 0 Å². The molecular weight excluding hydrogens is 172 g/mol. The third-order valence-corrected chi connectivity index (χ3v) is 2.54. The Labute approximate surface area is 85.7 Å². The van der Waals surface area contributed by atoms with Crippen molar-refractivity contribution >= 4 is 0 Å². The van der Waals surface area contributed by atoms with Gasteiger partial charge in [0, 0.05) is 29.9 Å². The first-order valence-electron chi connectivity index (χ1n) is 5.24. The van der Waals surface area contributed by atoms with E-state index in [2.05, 4.69) is 43.2 Å². The van der Waals surface area contributed by atoms with Crippen molar-refractivity contribution in [3.05, 3.63) is 30.1 Å². The fourth-order valence-corrected chi connectivity index (χ4v) is 1.89. The Kier molecular flexibility index (Phi) is 2.31. The number of rotatable bonds is 2. The summed E-state index contributed by atoms with van der Waals surface area (Å²) in [5.41, 5.74) is 1.65. The quantitative estimate of drug-likeness (QED) is 0.774. The molecule has 1 aliphatic rings. The molecule has 1 aromatic rings. The van der Waals surface area contributed by atoms with Gasteiger partial charge >= 0.3 is 0 Å². The molecule has 1 unspecified atom stereocenters. The summed E-state index contributed by atoms with van der Waals surface area (Å²) in [5.74, 6) is 0.706. The first-order valence-corrected chi connectivity index (χ1v) is 5.24. The topological polar surface area (TPSA) is 24.9 Å². The van der Waals surface area contributed by atoms with Gasteiger partial charge in [-0.15, -0.1) is 0 Å². The molecule has 2 heteroatoms. The summed E-state index contributed by atoms with van der Waals surface area (Å²) in [4.78, 5) is 4.03. The lowest BCUT2D eigenvalue weighted by atomic mass is 10.1. The molecule has 2 nitrogen and oxygen atoms in total. The Hall–Kier alpha value is -0.890. The zero-order valence-corrected chi connectivity index (χ0v) is 9.12. The number of pyridine rings is 1. The second-order valence-corrected chi connectivity index (χ2v) is 5.12. The van der Waals surface area contributed by atoms with Crippen molar-refractivity contribution in [3.63, 3.8) is 0 Å². The van der Waals surface area contributed by atoms with Gasteiger partial charge < -0.3 is 5.32 Å². The molecule has 0 aliphatic heterocycles.